The van der Waals surface area contributed by atoms with Gasteiger partial charge in [-0.15, -0.1) is 0 Å². The molecule has 4 rings (SSSR count). The van der Waals surface area contributed by atoms with Gasteiger partial charge in [-0.3, -0.25) is 13.9 Å². The average molecular weight is 598 g/mol. The second-order valence-corrected chi connectivity index (χ2v) is 12.0. The first-order chi connectivity index (χ1) is 20.2. The molecule has 2 amide bonds. The molecule has 42 heavy (non-hydrogen) atoms. The smallest absolute Gasteiger partial charge is 0.243 e. The van der Waals surface area contributed by atoms with Crippen LogP contribution in [-0.2, 0) is 32.6 Å². The van der Waals surface area contributed by atoms with Crippen LogP contribution in [0.3, 0.4) is 0 Å². The Balaban J connectivity index is 1.56. The van der Waals surface area contributed by atoms with Crippen LogP contribution in [-0.4, -0.2) is 57.3 Å². The second-order valence-electron chi connectivity index (χ2n) is 10.1. The van der Waals surface area contributed by atoms with E-state index in [1.807, 2.05) is 37.3 Å². The molecule has 224 valence electrons. The zero-order valence-electron chi connectivity index (χ0n) is 23.8. The molecular formula is C31H36FN3O6S. The van der Waals surface area contributed by atoms with Gasteiger partial charge in [0.2, 0.25) is 28.6 Å². The number of sulfonamides is 1. The molecule has 1 atom stereocenters. The Morgan fingerprint density at radius 3 is 2.38 bits per heavy atom. The first-order valence-electron chi connectivity index (χ1n) is 13.9. The average Bonchev–Trinajstić information content (AvgIpc) is 3.44. The molecule has 1 heterocycles. The number of rotatable bonds is 14. The summed E-state index contributed by atoms with van der Waals surface area (Å²) in [6.45, 7) is 2.60. The van der Waals surface area contributed by atoms with Crippen molar-refractivity contribution >= 4 is 27.5 Å². The third-order valence-electron chi connectivity index (χ3n) is 6.88. The molecule has 1 aliphatic heterocycles. The van der Waals surface area contributed by atoms with E-state index in [2.05, 4.69) is 5.32 Å². The van der Waals surface area contributed by atoms with Crippen LogP contribution in [0.25, 0.3) is 0 Å². The van der Waals surface area contributed by atoms with Crippen LogP contribution in [0.2, 0.25) is 0 Å². The van der Waals surface area contributed by atoms with Crippen LogP contribution >= 0.6 is 0 Å². The van der Waals surface area contributed by atoms with Crippen molar-refractivity contribution in [2.24, 2.45) is 0 Å². The first kappa shape index (κ1) is 30.8. The molecule has 9 nitrogen and oxygen atoms in total. The van der Waals surface area contributed by atoms with Gasteiger partial charge in [-0.1, -0.05) is 49.4 Å². The van der Waals surface area contributed by atoms with E-state index in [4.69, 9.17) is 9.47 Å². The number of nitrogens with zero attached hydrogens (tertiary/aromatic N) is 2. The van der Waals surface area contributed by atoms with Crippen molar-refractivity contribution in [3.05, 3.63) is 89.7 Å². The third kappa shape index (κ3) is 8.22. The van der Waals surface area contributed by atoms with E-state index in [1.165, 1.54) is 21.3 Å². The monoisotopic (exact) mass is 597 g/mol. The minimum Gasteiger partial charge on any atom is -0.454 e. The highest BCUT2D eigenvalue weighted by molar-refractivity contribution is 7.92. The van der Waals surface area contributed by atoms with E-state index < -0.39 is 21.9 Å². The van der Waals surface area contributed by atoms with E-state index in [-0.39, 0.29) is 51.0 Å². The Morgan fingerprint density at radius 1 is 0.976 bits per heavy atom. The van der Waals surface area contributed by atoms with Crippen molar-refractivity contribution in [2.45, 2.75) is 45.2 Å². The summed E-state index contributed by atoms with van der Waals surface area (Å²) in [6.07, 6.45) is 2.32. The van der Waals surface area contributed by atoms with E-state index in [0.29, 0.717) is 29.3 Å². The van der Waals surface area contributed by atoms with Gasteiger partial charge in [-0.05, 0) is 48.2 Å². The lowest BCUT2D eigenvalue weighted by Crippen LogP contribution is -2.50. The summed E-state index contributed by atoms with van der Waals surface area (Å²) in [5.74, 6) is -0.0166. The fraction of sp³-hybridized carbons (Fsp3) is 0.355. The van der Waals surface area contributed by atoms with Crippen LogP contribution in [0.5, 0.6) is 11.5 Å². The predicted octanol–water partition coefficient (Wildman–Crippen LogP) is 4.27. The number of hydrogen-bond donors (Lipinski definition) is 1. The zero-order valence-corrected chi connectivity index (χ0v) is 24.6. The fourth-order valence-electron chi connectivity index (χ4n) is 4.75. The number of fused-ring (bicyclic) bond motifs is 1. The van der Waals surface area contributed by atoms with E-state index >= 15 is 0 Å². The van der Waals surface area contributed by atoms with E-state index in [1.54, 1.807) is 30.3 Å². The Morgan fingerprint density at radius 2 is 1.69 bits per heavy atom. The van der Waals surface area contributed by atoms with Gasteiger partial charge in [0.1, 0.15) is 11.9 Å². The molecule has 0 unspecified atom stereocenters. The molecule has 0 aromatic heterocycles. The molecular weight excluding hydrogens is 561 g/mol. The van der Waals surface area contributed by atoms with Crippen LogP contribution in [0.1, 0.15) is 37.3 Å². The number of nitrogens with one attached hydrogen (secondary N) is 1. The molecule has 3 aromatic carbocycles. The van der Waals surface area contributed by atoms with E-state index in [9.17, 15) is 22.4 Å². The Kier molecular flexibility index (Phi) is 10.4. The number of carbonyl (C=O) groups is 2. The van der Waals surface area contributed by atoms with Crippen molar-refractivity contribution in [3.8, 4) is 11.5 Å². The molecule has 0 radical (unpaired) electrons. The number of benzene rings is 3. The quantitative estimate of drug-likeness (QED) is 0.298. The number of hydrogen-bond acceptors (Lipinski definition) is 6. The molecule has 1 aliphatic rings. The van der Waals surface area contributed by atoms with Crippen LogP contribution in [0, 0.1) is 5.82 Å². The Labute approximate surface area is 246 Å². The summed E-state index contributed by atoms with van der Waals surface area (Å²) in [5.41, 5.74) is 1.96. The molecule has 0 bridgehead atoms. The third-order valence-corrected chi connectivity index (χ3v) is 8.08. The molecule has 0 spiro atoms. The summed E-state index contributed by atoms with van der Waals surface area (Å²) in [5, 5.41) is 2.92. The number of anilines is 1. The number of halogens is 1. The minimum absolute atomic E-state index is 0.00981. The summed E-state index contributed by atoms with van der Waals surface area (Å²) >= 11 is 0. The van der Waals surface area contributed by atoms with Crippen LogP contribution in [0.4, 0.5) is 10.1 Å². The lowest BCUT2D eigenvalue weighted by Gasteiger charge is -2.32. The molecule has 3 aromatic rings. The largest absolute Gasteiger partial charge is 0.454 e. The number of ether oxygens (including phenoxy) is 2. The standard InChI is InChI=1S/C31H36FN3O6S/c1-3-17-33-31(37)27(19-23-8-5-4-6-9-23)34(21-24-11-13-25(32)14-12-24)30(36)10-7-18-35(42(2,38)39)26-15-16-28-29(20-26)41-22-40-28/h4-6,8-9,11-16,20,27H,3,7,10,17-19,21-22H2,1-2H3,(H,33,37)/t27-/m0/s1. The maximum Gasteiger partial charge on any atom is 0.243 e. The Bertz CT molecular complexity index is 1470. The van der Waals surface area contributed by atoms with Crippen molar-refractivity contribution in [1.82, 2.24) is 10.2 Å². The number of carbonyl (C=O) groups excluding carboxylic acids is 2. The van der Waals surface area contributed by atoms with Crippen molar-refractivity contribution in [1.29, 1.82) is 0 Å². The van der Waals surface area contributed by atoms with Gasteiger partial charge in [0.25, 0.3) is 0 Å². The predicted molar refractivity (Wildman–Crippen MR) is 158 cm³/mol. The highest BCUT2D eigenvalue weighted by Crippen LogP contribution is 2.36. The molecule has 0 saturated carbocycles. The molecule has 0 saturated heterocycles. The second kappa shape index (κ2) is 14.2. The highest BCUT2D eigenvalue weighted by Gasteiger charge is 2.30. The van der Waals surface area contributed by atoms with Gasteiger partial charge in [0.05, 0.1) is 11.9 Å². The van der Waals surface area contributed by atoms with Crippen molar-refractivity contribution in [2.75, 3.05) is 30.4 Å². The van der Waals surface area contributed by atoms with Crippen molar-refractivity contribution in [3.63, 3.8) is 0 Å². The fourth-order valence-corrected chi connectivity index (χ4v) is 5.71. The van der Waals surface area contributed by atoms with Gasteiger partial charge in [0.15, 0.2) is 11.5 Å². The molecule has 0 fully saturated rings. The number of amides is 2. The van der Waals surface area contributed by atoms with E-state index in [0.717, 1.165) is 18.2 Å². The molecule has 11 heteroatoms. The van der Waals surface area contributed by atoms with Crippen LogP contribution in [0.15, 0.2) is 72.8 Å². The maximum absolute atomic E-state index is 13.8. The SMILES string of the molecule is CCCNC(=O)[C@H](Cc1ccccc1)N(Cc1ccc(F)cc1)C(=O)CCCN(c1ccc2c(c1)OCO2)S(C)(=O)=O. The Hall–Kier alpha value is -4.12. The lowest BCUT2D eigenvalue weighted by atomic mass is 10.0. The zero-order chi connectivity index (χ0) is 30.1. The van der Waals surface area contributed by atoms with Gasteiger partial charge in [-0.25, -0.2) is 12.8 Å². The summed E-state index contributed by atoms with van der Waals surface area (Å²) in [7, 11) is -3.67. The highest BCUT2D eigenvalue weighted by atomic mass is 32.2. The summed E-state index contributed by atoms with van der Waals surface area (Å²) in [4.78, 5) is 28.7. The van der Waals surface area contributed by atoms with Gasteiger partial charge in [-0.2, -0.15) is 0 Å². The normalized spacial score (nSPS) is 12.9. The minimum atomic E-state index is -3.67. The molecule has 0 aliphatic carbocycles. The summed E-state index contributed by atoms with van der Waals surface area (Å²) < 4.78 is 51.0. The summed E-state index contributed by atoms with van der Waals surface area (Å²) in [6, 6.07) is 19.3. The van der Waals surface area contributed by atoms with Crippen molar-refractivity contribution < 1.29 is 31.9 Å². The molecule has 1 N–H and O–H groups in total. The topological polar surface area (TPSA) is 105 Å². The maximum atomic E-state index is 13.8. The van der Waals surface area contributed by atoms with Gasteiger partial charge in [0, 0.05) is 38.5 Å². The lowest BCUT2D eigenvalue weighted by molar-refractivity contribution is -0.141. The van der Waals surface area contributed by atoms with Gasteiger partial charge >= 0.3 is 0 Å². The van der Waals surface area contributed by atoms with Gasteiger partial charge < -0.3 is 19.7 Å². The first-order valence-corrected chi connectivity index (χ1v) is 15.7. The van der Waals surface area contributed by atoms with Crippen LogP contribution < -0.4 is 19.1 Å².